The van der Waals surface area contributed by atoms with Gasteiger partial charge in [-0.2, -0.15) is 0 Å². The van der Waals surface area contributed by atoms with Gasteiger partial charge in [-0.25, -0.2) is 13.4 Å². The number of aromatic amines is 1. The second kappa shape index (κ2) is 5.72. The molecule has 0 radical (unpaired) electrons. The highest BCUT2D eigenvalue weighted by Crippen LogP contribution is 2.25. The summed E-state index contributed by atoms with van der Waals surface area (Å²) in [6, 6.07) is 2.50. The van der Waals surface area contributed by atoms with E-state index < -0.39 is 15.6 Å². The molecule has 0 spiro atoms. The van der Waals surface area contributed by atoms with E-state index in [1.54, 1.807) is 0 Å². The summed E-state index contributed by atoms with van der Waals surface area (Å²) in [5.74, 6) is 0. The smallest absolute Gasteiger partial charge is 0.266 e. The van der Waals surface area contributed by atoms with Gasteiger partial charge in [0.05, 0.1) is 5.69 Å². The summed E-state index contributed by atoms with van der Waals surface area (Å²) in [6.45, 7) is 0. The Morgan fingerprint density at radius 2 is 2.00 bits per heavy atom. The number of nitrogens with zero attached hydrogens (tertiary/aromatic N) is 1. The van der Waals surface area contributed by atoms with Crippen molar-refractivity contribution in [2.24, 2.45) is 0 Å². The molecule has 0 unspecified atom stereocenters. The summed E-state index contributed by atoms with van der Waals surface area (Å²) in [5, 5.41) is -0.237. The monoisotopic (exact) mass is 397 g/mol. The molecule has 0 aromatic carbocycles. The van der Waals surface area contributed by atoms with Crippen molar-refractivity contribution in [3.05, 3.63) is 49.5 Å². The van der Waals surface area contributed by atoms with Crippen LogP contribution in [-0.2, 0) is 10.0 Å². The zero-order valence-corrected chi connectivity index (χ0v) is 13.4. The summed E-state index contributed by atoms with van der Waals surface area (Å²) in [4.78, 5) is 16.9. The van der Waals surface area contributed by atoms with E-state index in [1.807, 2.05) is 0 Å². The van der Waals surface area contributed by atoms with Crippen LogP contribution in [0.4, 0.5) is 5.69 Å². The second-order valence-electron chi connectivity index (χ2n) is 3.61. The van der Waals surface area contributed by atoms with E-state index >= 15 is 0 Å². The zero-order chi connectivity index (χ0) is 14.9. The number of H-pyrrole nitrogens is 1. The average molecular weight is 399 g/mol. The molecule has 2 rings (SSSR count). The third-order valence-electron chi connectivity index (χ3n) is 2.19. The van der Waals surface area contributed by atoms with Gasteiger partial charge in [0.1, 0.15) is 9.92 Å². The molecule has 0 aliphatic heterocycles. The minimum absolute atomic E-state index is 0.00713. The van der Waals surface area contributed by atoms with Crippen LogP contribution in [0.15, 0.2) is 38.7 Å². The lowest BCUT2D eigenvalue weighted by molar-refractivity contribution is 0.600. The maximum Gasteiger partial charge on any atom is 0.266 e. The van der Waals surface area contributed by atoms with Gasteiger partial charge in [0.25, 0.3) is 15.6 Å². The first-order valence-corrected chi connectivity index (χ1v) is 8.05. The van der Waals surface area contributed by atoms with Gasteiger partial charge in [0.2, 0.25) is 0 Å². The van der Waals surface area contributed by atoms with E-state index in [0.29, 0.717) is 4.47 Å². The fourth-order valence-corrected chi connectivity index (χ4v) is 3.12. The Bertz CT molecular complexity index is 823. The number of aromatic nitrogens is 2. The van der Waals surface area contributed by atoms with Crippen molar-refractivity contribution in [3.63, 3.8) is 0 Å². The Labute approximate surface area is 132 Å². The lowest BCUT2D eigenvalue weighted by atomic mass is 10.4. The van der Waals surface area contributed by atoms with Gasteiger partial charge in [-0.15, -0.1) is 0 Å². The van der Waals surface area contributed by atoms with Crippen molar-refractivity contribution in [2.45, 2.75) is 4.90 Å². The molecular weight excluding hydrogens is 393 g/mol. The molecule has 106 valence electrons. The molecule has 0 amide bonds. The first-order valence-electron chi connectivity index (χ1n) is 5.02. The van der Waals surface area contributed by atoms with Crippen LogP contribution in [0.3, 0.4) is 0 Å². The van der Waals surface area contributed by atoms with Crippen LogP contribution in [0.2, 0.25) is 10.2 Å². The topological polar surface area (TPSA) is 91.9 Å². The van der Waals surface area contributed by atoms with E-state index in [1.165, 1.54) is 12.3 Å². The van der Waals surface area contributed by atoms with Crippen LogP contribution in [0, 0.1) is 0 Å². The summed E-state index contributed by atoms with van der Waals surface area (Å²) in [7, 11) is -3.94. The fraction of sp³-hybridized carbons (Fsp3) is 0. The van der Waals surface area contributed by atoms with Gasteiger partial charge in [0.15, 0.2) is 5.15 Å². The molecular formula is C10H6BrCl2N3O3S. The molecule has 2 heterocycles. The van der Waals surface area contributed by atoms with Crippen LogP contribution in [0.5, 0.6) is 0 Å². The Balaban J connectivity index is 2.43. The van der Waals surface area contributed by atoms with Crippen molar-refractivity contribution < 1.29 is 8.42 Å². The highest BCUT2D eigenvalue weighted by atomic mass is 79.9. The van der Waals surface area contributed by atoms with Gasteiger partial charge in [0, 0.05) is 16.9 Å². The third kappa shape index (κ3) is 3.32. The highest BCUT2D eigenvalue weighted by molar-refractivity contribution is 9.10. The van der Waals surface area contributed by atoms with Crippen LogP contribution in [0.1, 0.15) is 0 Å². The molecule has 2 aromatic heterocycles. The Kier molecular flexibility index (Phi) is 4.38. The summed E-state index contributed by atoms with van der Waals surface area (Å²) in [5.41, 5.74) is -0.476. The predicted octanol–water partition coefficient (Wildman–Crippen LogP) is 2.64. The largest absolute Gasteiger partial charge is 0.326 e. The molecule has 2 aromatic rings. The lowest BCUT2D eigenvalue weighted by Gasteiger charge is -2.09. The first kappa shape index (κ1) is 15.3. The van der Waals surface area contributed by atoms with E-state index in [2.05, 4.69) is 30.6 Å². The van der Waals surface area contributed by atoms with Crippen molar-refractivity contribution in [1.29, 1.82) is 0 Å². The van der Waals surface area contributed by atoms with Crippen molar-refractivity contribution in [3.8, 4) is 0 Å². The Morgan fingerprint density at radius 1 is 1.30 bits per heavy atom. The molecule has 0 fully saturated rings. The molecule has 10 heteroatoms. The van der Waals surface area contributed by atoms with Gasteiger partial charge < -0.3 is 4.98 Å². The predicted molar refractivity (Wildman–Crippen MR) is 79.8 cm³/mol. The average Bonchev–Trinajstić information content (AvgIpc) is 2.36. The summed E-state index contributed by atoms with van der Waals surface area (Å²) >= 11 is 14.6. The summed E-state index contributed by atoms with van der Waals surface area (Å²) in [6.07, 6.45) is 2.47. The molecule has 0 bridgehead atoms. The fourth-order valence-electron chi connectivity index (χ4n) is 1.29. The van der Waals surface area contributed by atoms with Gasteiger partial charge in [-0.05, 0) is 28.1 Å². The Hall–Kier alpha value is -1.09. The molecule has 20 heavy (non-hydrogen) atoms. The highest BCUT2D eigenvalue weighted by Gasteiger charge is 2.18. The molecule has 0 aliphatic rings. The van der Waals surface area contributed by atoms with Crippen LogP contribution < -0.4 is 10.3 Å². The molecule has 6 nitrogen and oxygen atoms in total. The van der Waals surface area contributed by atoms with Gasteiger partial charge in [-0.3, -0.25) is 9.52 Å². The molecule has 0 saturated carbocycles. The maximum absolute atomic E-state index is 12.1. The quantitative estimate of drug-likeness (QED) is 0.777. The number of pyridine rings is 2. The first-order chi connectivity index (χ1) is 9.29. The number of rotatable bonds is 3. The molecule has 0 aliphatic carbocycles. The van der Waals surface area contributed by atoms with Crippen molar-refractivity contribution in [2.75, 3.05) is 4.72 Å². The number of nitrogens with one attached hydrogen (secondary N) is 2. The van der Waals surface area contributed by atoms with Crippen LogP contribution >= 0.6 is 39.1 Å². The third-order valence-corrected chi connectivity index (χ3v) is 4.55. The number of hydrogen-bond acceptors (Lipinski definition) is 4. The molecule has 2 N–H and O–H groups in total. The summed E-state index contributed by atoms with van der Waals surface area (Å²) < 4.78 is 27.1. The minimum atomic E-state index is -3.94. The zero-order valence-electron chi connectivity index (χ0n) is 9.52. The van der Waals surface area contributed by atoms with Gasteiger partial charge in [-0.1, -0.05) is 23.2 Å². The number of halogens is 3. The van der Waals surface area contributed by atoms with Crippen molar-refractivity contribution in [1.82, 2.24) is 9.97 Å². The second-order valence-corrected chi connectivity index (χ2v) is 6.97. The lowest BCUT2D eigenvalue weighted by Crippen LogP contribution is -2.16. The molecule has 0 saturated heterocycles. The number of sulfonamides is 1. The number of hydrogen-bond donors (Lipinski definition) is 2. The van der Waals surface area contributed by atoms with Crippen LogP contribution in [-0.4, -0.2) is 18.4 Å². The van der Waals surface area contributed by atoms with Gasteiger partial charge >= 0.3 is 0 Å². The van der Waals surface area contributed by atoms with E-state index in [4.69, 9.17) is 23.2 Å². The number of anilines is 1. The SMILES string of the molecule is O=c1[nH]cc(S(=O)(=O)Nc2cc(Br)cnc2Cl)cc1Cl. The minimum Gasteiger partial charge on any atom is -0.326 e. The molecule has 0 atom stereocenters. The van der Waals surface area contributed by atoms with E-state index in [0.717, 1.165) is 12.3 Å². The standard InChI is InChI=1S/C10H6BrCl2N3O3S/c11-5-1-8(9(13)14-3-5)16-20(18,19)6-2-7(12)10(17)15-4-6/h1-4,16H,(H,15,17). The van der Waals surface area contributed by atoms with E-state index in [-0.39, 0.29) is 20.8 Å². The Morgan fingerprint density at radius 3 is 2.65 bits per heavy atom. The maximum atomic E-state index is 12.1. The van der Waals surface area contributed by atoms with Crippen LogP contribution in [0.25, 0.3) is 0 Å². The van der Waals surface area contributed by atoms with E-state index in [9.17, 15) is 13.2 Å². The normalized spacial score (nSPS) is 11.3. The van der Waals surface area contributed by atoms with Crippen molar-refractivity contribution >= 4 is 54.8 Å².